The molecule has 0 saturated heterocycles. The number of aromatic nitrogens is 3. The average molecular weight is 289 g/mol. The number of nitrogens with zero attached hydrogens (tertiary/aromatic N) is 3. The summed E-state index contributed by atoms with van der Waals surface area (Å²) in [6.07, 6.45) is 4.31. The number of nitrogens with one attached hydrogen (secondary N) is 2. The van der Waals surface area contributed by atoms with Gasteiger partial charge in [-0.2, -0.15) is 5.10 Å². The lowest BCUT2D eigenvalue weighted by atomic mass is 10.3. The summed E-state index contributed by atoms with van der Waals surface area (Å²) < 4.78 is 3.82. The van der Waals surface area contributed by atoms with Crippen LogP contribution in [0.4, 0.5) is 4.79 Å². The van der Waals surface area contributed by atoms with E-state index in [1.165, 1.54) is 11.3 Å². The number of thiophene rings is 1. The molecule has 0 aliphatic carbocycles. The maximum Gasteiger partial charge on any atom is 0.410 e. The molecule has 0 radical (unpaired) electrons. The van der Waals surface area contributed by atoms with E-state index >= 15 is 0 Å². The van der Waals surface area contributed by atoms with Crippen molar-refractivity contribution in [2.45, 2.75) is 6.54 Å². The molecule has 0 saturated carbocycles. The highest BCUT2D eigenvalue weighted by Gasteiger charge is 2.09. The van der Waals surface area contributed by atoms with Gasteiger partial charge in [0, 0.05) is 34.3 Å². The molecule has 1 amide bonds. The molecule has 8 heteroatoms. The maximum absolute atomic E-state index is 10.5. The van der Waals surface area contributed by atoms with E-state index in [1.54, 1.807) is 16.1 Å². The van der Waals surface area contributed by atoms with Gasteiger partial charge in [0.25, 0.3) is 0 Å². The lowest BCUT2D eigenvalue weighted by Gasteiger charge is -2.01. The van der Waals surface area contributed by atoms with Gasteiger partial charge >= 0.3 is 6.09 Å². The Kier molecular flexibility index (Phi) is 2.99. The summed E-state index contributed by atoms with van der Waals surface area (Å²) in [4.78, 5) is 11.5. The zero-order valence-corrected chi connectivity index (χ0v) is 11.1. The molecule has 3 aromatic rings. The summed E-state index contributed by atoms with van der Waals surface area (Å²) in [6, 6.07) is 3.73. The van der Waals surface area contributed by atoms with Crippen LogP contribution in [0.1, 0.15) is 10.4 Å². The van der Waals surface area contributed by atoms with Gasteiger partial charge in [-0.25, -0.2) is 9.31 Å². The van der Waals surface area contributed by atoms with Crippen LogP contribution >= 0.6 is 11.3 Å². The normalized spacial score (nSPS) is 10.8. The van der Waals surface area contributed by atoms with Gasteiger partial charge in [-0.3, -0.25) is 10.7 Å². The SMILES string of the molecule is N=C(NC(=O)O)c1csc(Cn2ccn3nccc23)c1. The van der Waals surface area contributed by atoms with Crippen LogP contribution in [0.25, 0.3) is 5.65 Å². The fourth-order valence-electron chi connectivity index (χ4n) is 1.94. The second-order valence-corrected chi connectivity index (χ2v) is 5.16. The van der Waals surface area contributed by atoms with Crippen molar-refractivity contribution in [1.82, 2.24) is 19.5 Å². The van der Waals surface area contributed by atoms with Crippen molar-refractivity contribution < 1.29 is 9.90 Å². The highest BCUT2D eigenvalue weighted by Crippen LogP contribution is 2.17. The van der Waals surface area contributed by atoms with Crippen molar-refractivity contribution in [2.24, 2.45) is 0 Å². The van der Waals surface area contributed by atoms with Crippen molar-refractivity contribution in [3.05, 3.63) is 46.5 Å². The van der Waals surface area contributed by atoms with E-state index in [0.717, 1.165) is 10.5 Å². The molecule has 0 atom stereocenters. The average Bonchev–Trinajstić information content (AvgIpc) is 3.07. The third kappa shape index (κ3) is 2.28. The fourth-order valence-corrected chi connectivity index (χ4v) is 2.82. The maximum atomic E-state index is 10.5. The second kappa shape index (κ2) is 4.82. The monoisotopic (exact) mass is 289 g/mol. The molecule has 3 heterocycles. The second-order valence-electron chi connectivity index (χ2n) is 4.17. The van der Waals surface area contributed by atoms with E-state index in [1.807, 2.05) is 34.4 Å². The largest absolute Gasteiger partial charge is 0.465 e. The van der Waals surface area contributed by atoms with Crippen LogP contribution in [0.2, 0.25) is 0 Å². The summed E-state index contributed by atoms with van der Waals surface area (Å²) in [5, 5.41) is 24.2. The van der Waals surface area contributed by atoms with Gasteiger partial charge < -0.3 is 9.67 Å². The number of carbonyl (C=O) groups is 1. The molecule has 0 unspecified atom stereocenters. The minimum Gasteiger partial charge on any atom is -0.465 e. The molecule has 3 rings (SSSR count). The molecule has 0 aliphatic heterocycles. The van der Waals surface area contributed by atoms with Crippen molar-refractivity contribution >= 4 is 28.9 Å². The summed E-state index contributed by atoms with van der Waals surface area (Å²) in [5.74, 6) is -0.109. The quantitative estimate of drug-likeness (QED) is 0.507. The smallest absolute Gasteiger partial charge is 0.410 e. The summed E-state index contributed by atoms with van der Waals surface area (Å²) in [6.45, 7) is 0.660. The van der Waals surface area contributed by atoms with E-state index in [-0.39, 0.29) is 5.84 Å². The van der Waals surface area contributed by atoms with Gasteiger partial charge in [-0.1, -0.05) is 0 Å². The first-order valence-electron chi connectivity index (χ1n) is 5.78. The van der Waals surface area contributed by atoms with E-state index in [2.05, 4.69) is 5.10 Å². The van der Waals surface area contributed by atoms with Crippen LogP contribution in [0, 0.1) is 5.41 Å². The number of imidazole rings is 1. The highest BCUT2D eigenvalue weighted by atomic mass is 32.1. The number of carboxylic acid groups (broad SMARTS) is 1. The standard InChI is InChI=1S/C12H11N5O2S/c13-11(15-12(18)19)8-5-9(20-7-8)6-16-3-4-17-10(16)1-2-14-17/h1-5,7H,6H2,(H2,13,15)(H,18,19). The third-order valence-electron chi connectivity index (χ3n) is 2.83. The van der Waals surface area contributed by atoms with Gasteiger partial charge in [-0.05, 0) is 6.07 Å². The van der Waals surface area contributed by atoms with Crippen molar-refractivity contribution in [2.75, 3.05) is 0 Å². The summed E-state index contributed by atoms with van der Waals surface area (Å²) in [5.41, 5.74) is 1.56. The van der Waals surface area contributed by atoms with Crippen LogP contribution in [0.15, 0.2) is 36.1 Å². The molecular weight excluding hydrogens is 278 g/mol. The number of hydrogen-bond acceptors (Lipinski definition) is 4. The van der Waals surface area contributed by atoms with E-state index in [9.17, 15) is 4.79 Å². The van der Waals surface area contributed by atoms with Crippen LogP contribution in [0.5, 0.6) is 0 Å². The van der Waals surface area contributed by atoms with Crippen LogP contribution in [-0.4, -0.2) is 31.2 Å². The molecule has 0 fully saturated rings. The van der Waals surface area contributed by atoms with Crippen molar-refractivity contribution in [3.63, 3.8) is 0 Å². The Labute approximate surface area is 117 Å². The van der Waals surface area contributed by atoms with Gasteiger partial charge in [0.1, 0.15) is 11.5 Å². The molecule has 0 spiro atoms. The van der Waals surface area contributed by atoms with E-state index in [0.29, 0.717) is 12.1 Å². The first-order valence-corrected chi connectivity index (χ1v) is 6.66. The lowest BCUT2D eigenvalue weighted by Crippen LogP contribution is -2.28. The number of amidine groups is 1. The Morgan fingerprint density at radius 2 is 2.35 bits per heavy atom. The lowest BCUT2D eigenvalue weighted by molar-refractivity contribution is 0.200. The van der Waals surface area contributed by atoms with Gasteiger partial charge in [0.05, 0.1) is 12.7 Å². The molecule has 3 N–H and O–H groups in total. The Morgan fingerprint density at radius 3 is 3.15 bits per heavy atom. The van der Waals surface area contributed by atoms with Crippen LogP contribution in [-0.2, 0) is 6.54 Å². The van der Waals surface area contributed by atoms with Crippen molar-refractivity contribution in [1.29, 1.82) is 5.41 Å². The molecule has 0 aliphatic rings. The molecule has 0 bridgehead atoms. The predicted octanol–water partition coefficient (Wildman–Crippen LogP) is 1.84. The minimum atomic E-state index is -1.23. The summed E-state index contributed by atoms with van der Waals surface area (Å²) >= 11 is 1.49. The van der Waals surface area contributed by atoms with Crippen LogP contribution < -0.4 is 5.32 Å². The number of rotatable bonds is 3. The topological polar surface area (TPSA) is 95.4 Å². The first kappa shape index (κ1) is 12.4. The molecule has 7 nitrogen and oxygen atoms in total. The zero-order chi connectivity index (χ0) is 14.1. The molecule has 0 aromatic carbocycles. The third-order valence-corrected chi connectivity index (χ3v) is 3.75. The Bertz CT molecular complexity index is 785. The Balaban J connectivity index is 1.79. The van der Waals surface area contributed by atoms with Crippen molar-refractivity contribution in [3.8, 4) is 0 Å². The Hall–Kier alpha value is -2.61. The molecule has 3 aromatic heterocycles. The molecule has 20 heavy (non-hydrogen) atoms. The van der Waals surface area contributed by atoms with Gasteiger partial charge in [0.2, 0.25) is 0 Å². The molecule has 102 valence electrons. The Morgan fingerprint density at radius 1 is 1.50 bits per heavy atom. The van der Waals surface area contributed by atoms with E-state index < -0.39 is 6.09 Å². The van der Waals surface area contributed by atoms with E-state index in [4.69, 9.17) is 10.5 Å². The zero-order valence-electron chi connectivity index (χ0n) is 10.3. The first-order chi connectivity index (χ1) is 9.63. The van der Waals surface area contributed by atoms with Gasteiger partial charge in [0.15, 0.2) is 0 Å². The molecular formula is C12H11N5O2S. The predicted molar refractivity (Wildman–Crippen MR) is 74.6 cm³/mol. The van der Waals surface area contributed by atoms with Gasteiger partial charge in [-0.15, -0.1) is 11.3 Å². The van der Waals surface area contributed by atoms with Crippen LogP contribution in [0.3, 0.4) is 0 Å². The highest BCUT2D eigenvalue weighted by molar-refractivity contribution is 7.10. The number of amides is 1. The number of fused-ring (bicyclic) bond motifs is 1. The summed E-state index contributed by atoms with van der Waals surface area (Å²) in [7, 11) is 0. The number of hydrogen-bond donors (Lipinski definition) is 3. The minimum absolute atomic E-state index is 0.109. The fraction of sp³-hybridized carbons (Fsp3) is 0.0833.